The third kappa shape index (κ3) is 10.6. The first-order valence-corrected chi connectivity index (χ1v) is 10.3. The van der Waals surface area contributed by atoms with Gasteiger partial charge in [-0.3, -0.25) is 9.79 Å². The molecule has 0 saturated carbocycles. The Morgan fingerprint density at radius 3 is 2.42 bits per heavy atom. The quantitative estimate of drug-likeness (QED) is 0.176. The molecule has 31 heavy (non-hydrogen) atoms. The Hall–Kier alpha value is -2.20. The van der Waals surface area contributed by atoms with Crippen molar-refractivity contribution in [3.8, 4) is 0 Å². The number of halogens is 2. The van der Waals surface area contributed by atoms with Gasteiger partial charge in [0, 0.05) is 26.2 Å². The fraction of sp³-hybridized carbons (Fsp3) is 0.391. The van der Waals surface area contributed by atoms with Gasteiger partial charge in [-0.05, 0) is 30.5 Å². The van der Waals surface area contributed by atoms with Crippen molar-refractivity contribution >= 4 is 35.8 Å². The minimum atomic E-state index is -0.527. The van der Waals surface area contributed by atoms with E-state index in [0.717, 1.165) is 12.1 Å². The molecule has 6 nitrogen and oxygen atoms in total. The topological polar surface area (TPSA) is 74.8 Å². The molecular formula is C23H32FIN4O2. The molecule has 1 unspecified atom stereocenters. The number of nitrogens with one attached hydrogen (secondary N) is 3. The normalized spacial score (nSPS) is 11.9. The number of hydrogen-bond donors (Lipinski definition) is 3. The Balaban J connectivity index is 0.00000480. The molecule has 2 rings (SSSR count). The Morgan fingerprint density at radius 1 is 1.03 bits per heavy atom. The van der Waals surface area contributed by atoms with Crippen LogP contribution >= 0.6 is 24.0 Å². The maximum absolute atomic E-state index is 13.6. The number of guanidine groups is 1. The van der Waals surface area contributed by atoms with Crippen molar-refractivity contribution in [2.24, 2.45) is 10.9 Å². The van der Waals surface area contributed by atoms with Gasteiger partial charge in [0.15, 0.2) is 5.96 Å². The molecule has 1 amide bonds. The maximum Gasteiger partial charge on any atom is 0.254 e. The van der Waals surface area contributed by atoms with Crippen LogP contribution < -0.4 is 16.0 Å². The Kier molecular flexibility index (Phi) is 13.5. The molecule has 170 valence electrons. The Bertz CT molecular complexity index is 805. The van der Waals surface area contributed by atoms with Crippen LogP contribution in [0, 0.1) is 11.7 Å². The lowest BCUT2D eigenvalue weighted by Crippen LogP contribution is -2.42. The van der Waals surface area contributed by atoms with E-state index in [-0.39, 0.29) is 35.5 Å². The van der Waals surface area contributed by atoms with Crippen LogP contribution in [0.4, 0.5) is 4.39 Å². The predicted octanol–water partition coefficient (Wildman–Crippen LogP) is 3.58. The van der Waals surface area contributed by atoms with Crippen LogP contribution in [0.15, 0.2) is 59.6 Å². The summed E-state index contributed by atoms with van der Waals surface area (Å²) in [6.07, 6.45) is 0. The van der Waals surface area contributed by atoms with Crippen molar-refractivity contribution in [1.29, 1.82) is 0 Å². The van der Waals surface area contributed by atoms with Crippen molar-refractivity contribution < 1.29 is 13.9 Å². The summed E-state index contributed by atoms with van der Waals surface area (Å²) in [6.45, 7) is 7.47. The summed E-state index contributed by atoms with van der Waals surface area (Å²) in [6, 6.07) is 16.0. The van der Waals surface area contributed by atoms with Gasteiger partial charge in [-0.2, -0.15) is 0 Å². The molecule has 2 aromatic rings. The number of hydrogen-bond acceptors (Lipinski definition) is 3. The third-order valence-electron chi connectivity index (χ3n) is 4.24. The summed E-state index contributed by atoms with van der Waals surface area (Å²) in [7, 11) is 0. The number of aliphatic imine (C=N–C) groups is 1. The molecule has 0 aromatic heterocycles. The maximum atomic E-state index is 13.6. The highest BCUT2D eigenvalue weighted by Crippen LogP contribution is 2.05. The zero-order chi connectivity index (χ0) is 21.6. The molecule has 0 aliphatic rings. The van der Waals surface area contributed by atoms with Crippen molar-refractivity contribution in [3.05, 3.63) is 71.5 Å². The molecule has 0 fully saturated rings. The van der Waals surface area contributed by atoms with Crippen LogP contribution in [0.5, 0.6) is 0 Å². The van der Waals surface area contributed by atoms with Crippen molar-refractivity contribution in [3.63, 3.8) is 0 Å². The van der Waals surface area contributed by atoms with E-state index in [9.17, 15) is 9.18 Å². The molecule has 8 heteroatoms. The van der Waals surface area contributed by atoms with Crippen molar-refractivity contribution in [2.75, 3.05) is 32.8 Å². The van der Waals surface area contributed by atoms with Gasteiger partial charge in [-0.15, -0.1) is 24.0 Å². The van der Waals surface area contributed by atoms with E-state index in [1.165, 1.54) is 12.1 Å². The molecule has 3 N–H and O–H groups in total. The van der Waals surface area contributed by atoms with Gasteiger partial charge in [0.05, 0.1) is 18.8 Å². The summed E-state index contributed by atoms with van der Waals surface area (Å²) in [5.74, 6) is -0.0140. The lowest BCUT2D eigenvalue weighted by atomic mass is 10.2. The minimum Gasteiger partial charge on any atom is -0.376 e. The SMILES string of the molecule is CCNC(=NCC(C)COCc1ccccc1)NCCNC(=O)c1ccccc1F.I. The summed E-state index contributed by atoms with van der Waals surface area (Å²) in [4.78, 5) is 16.6. The fourth-order valence-electron chi connectivity index (χ4n) is 2.69. The molecule has 0 radical (unpaired) electrons. The highest BCUT2D eigenvalue weighted by atomic mass is 127. The zero-order valence-corrected chi connectivity index (χ0v) is 20.4. The van der Waals surface area contributed by atoms with Gasteiger partial charge in [0.1, 0.15) is 5.82 Å². The van der Waals surface area contributed by atoms with Crippen LogP contribution in [-0.4, -0.2) is 44.7 Å². The fourth-order valence-corrected chi connectivity index (χ4v) is 2.69. The van der Waals surface area contributed by atoms with E-state index in [1.54, 1.807) is 12.1 Å². The van der Waals surface area contributed by atoms with E-state index in [2.05, 4.69) is 27.9 Å². The molecule has 0 aliphatic heterocycles. The molecule has 0 bridgehead atoms. The largest absolute Gasteiger partial charge is 0.376 e. The molecule has 0 spiro atoms. The standard InChI is InChI=1S/C23H31FN4O2.HI/c1-3-25-23(27-14-13-26-22(29)20-11-7-8-12-21(20)24)28-15-18(2)16-30-17-19-9-5-4-6-10-19;/h4-12,18H,3,13-17H2,1-2H3,(H,26,29)(H2,25,27,28);1H. The smallest absolute Gasteiger partial charge is 0.254 e. The summed E-state index contributed by atoms with van der Waals surface area (Å²) in [5, 5.41) is 9.04. The summed E-state index contributed by atoms with van der Waals surface area (Å²) in [5.41, 5.74) is 1.20. The Morgan fingerprint density at radius 2 is 1.71 bits per heavy atom. The molecule has 0 saturated heterocycles. The van der Waals surface area contributed by atoms with Crippen LogP contribution in [0.25, 0.3) is 0 Å². The number of nitrogens with zero attached hydrogens (tertiary/aromatic N) is 1. The average Bonchev–Trinajstić information content (AvgIpc) is 2.76. The van der Waals surface area contributed by atoms with Crippen molar-refractivity contribution in [2.45, 2.75) is 20.5 Å². The van der Waals surface area contributed by atoms with Crippen molar-refractivity contribution in [1.82, 2.24) is 16.0 Å². The molecule has 0 heterocycles. The number of carbonyl (C=O) groups excluding carboxylic acids is 1. The lowest BCUT2D eigenvalue weighted by molar-refractivity contribution is 0.0944. The van der Waals surface area contributed by atoms with Gasteiger partial charge in [0.25, 0.3) is 5.91 Å². The second kappa shape index (κ2) is 15.6. The number of ether oxygens (including phenoxy) is 1. The summed E-state index contributed by atoms with van der Waals surface area (Å²) >= 11 is 0. The van der Waals surface area contributed by atoms with E-state index < -0.39 is 11.7 Å². The van der Waals surface area contributed by atoms with Gasteiger partial charge in [0.2, 0.25) is 0 Å². The lowest BCUT2D eigenvalue weighted by Gasteiger charge is -2.14. The minimum absolute atomic E-state index is 0. The predicted molar refractivity (Wildman–Crippen MR) is 133 cm³/mol. The van der Waals surface area contributed by atoms with Crippen LogP contribution in [0.1, 0.15) is 29.8 Å². The highest BCUT2D eigenvalue weighted by molar-refractivity contribution is 14.0. The number of amides is 1. The van der Waals surface area contributed by atoms with Gasteiger partial charge in [-0.1, -0.05) is 49.4 Å². The van der Waals surface area contributed by atoms with Crippen LogP contribution in [0.2, 0.25) is 0 Å². The molecular weight excluding hydrogens is 510 g/mol. The van der Waals surface area contributed by atoms with E-state index in [0.29, 0.717) is 38.8 Å². The van der Waals surface area contributed by atoms with E-state index in [4.69, 9.17) is 4.74 Å². The molecule has 0 aliphatic carbocycles. The molecule has 1 atom stereocenters. The zero-order valence-electron chi connectivity index (χ0n) is 18.1. The summed E-state index contributed by atoms with van der Waals surface area (Å²) < 4.78 is 19.4. The molecule has 2 aromatic carbocycles. The van der Waals surface area contributed by atoms with E-state index >= 15 is 0 Å². The first-order valence-electron chi connectivity index (χ1n) is 10.3. The van der Waals surface area contributed by atoms with Gasteiger partial charge >= 0.3 is 0 Å². The number of benzene rings is 2. The van der Waals surface area contributed by atoms with E-state index in [1.807, 2.05) is 37.3 Å². The van der Waals surface area contributed by atoms with Crippen LogP contribution in [-0.2, 0) is 11.3 Å². The second-order valence-corrected chi connectivity index (χ2v) is 6.99. The first-order chi connectivity index (χ1) is 14.6. The third-order valence-corrected chi connectivity index (χ3v) is 4.24. The van der Waals surface area contributed by atoms with Gasteiger partial charge in [-0.25, -0.2) is 4.39 Å². The average molecular weight is 542 g/mol. The Labute approximate surface area is 201 Å². The number of carbonyl (C=O) groups is 1. The monoisotopic (exact) mass is 542 g/mol. The second-order valence-electron chi connectivity index (χ2n) is 6.99. The number of rotatable bonds is 11. The highest BCUT2D eigenvalue weighted by Gasteiger charge is 2.10. The van der Waals surface area contributed by atoms with Gasteiger partial charge < -0.3 is 20.7 Å². The first kappa shape index (κ1) is 26.8. The van der Waals surface area contributed by atoms with Crippen LogP contribution in [0.3, 0.4) is 0 Å².